The maximum Gasteiger partial charge on any atom is 0.416 e. The summed E-state index contributed by atoms with van der Waals surface area (Å²) in [5.74, 6) is 0. The van der Waals surface area contributed by atoms with Gasteiger partial charge in [-0.1, -0.05) is 24.3 Å². The van der Waals surface area contributed by atoms with Gasteiger partial charge in [-0.05, 0) is 24.3 Å². The highest BCUT2D eigenvalue weighted by Crippen LogP contribution is 2.36. The number of nitrogens with zero attached hydrogens (tertiary/aromatic N) is 4. The molecule has 5 aromatic rings. The Hall–Kier alpha value is -3.64. The predicted octanol–water partition coefficient (Wildman–Crippen LogP) is 8.10. The first-order valence-electron chi connectivity index (χ1n) is 10.2. The van der Waals surface area contributed by atoms with E-state index in [1.54, 1.807) is 24.8 Å². The van der Waals surface area contributed by atoms with Crippen LogP contribution in [0.5, 0.6) is 0 Å². The third kappa shape index (κ3) is 5.00. The molecule has 3 aromatic heterocycles. The number of halogens is 6. The molecule has 182 valence electrons. The van der Waals surface area contributed by atoms with Gasteiger partial charge in [0.1, 0.15) is 21.4 Å². The fourth-order valence-electron chi connectivity index (χ4n) is 3.24. The van der Waals surface area contributed by atoms with Crippen molar-refractivity contribution < 1.29 is 26.3 Å². The van der Waals surface area contributed by atoms with Crippen molar-refractivity contribution in [2.24, 2.45) is 0 Å². The van der Waals surface area contributed by atoms with Crippen molar-refractivity contribution in [3.05, 3.63) is 84.4 Å². The largest absolute Gasteiger partial charge is 0.416 e. The molecule has 2 aromatic carbocycles. The summed E-state index contributed by atoms with van der Waals surface area (Å²) in [7, 11) is 0. The fraction of sp³-hybridized carbons (Fsp3) is 0.0833. The topological polar surface area (TPSA) is 51.6 Å². The molecule has 0 saturated carbocycles. The molecule has 36 heavy (non-hydrogen) atoms. The van der Waals surface area contributed by atoms with E-state index in [0.717, 1.165) is 24.3 Å². The Morgan fingerprint density at radius 2 is 0.833 bits per heavy atom. The highest BCUT2D eigenvalue weighted by Gasteiger charge is 2.31. The molecule has 3 heterocycles. The van der Waals surface area contributed by atoms with E-state index >= 15 is 0 Å². The molecule has 0 aliphatic rings. The molecule has 4 nitrogen and oxygen atoms in total. The molecule has 5 rings (SSSR count). The third-order valence-corrected chi connectivity index (χ3v) is 7.22. The van der Waals surface area contributed by atoms with Gasteiger partial charge < -0.3 is 0 Å². The van der Waals surface area contributed by atoms with Crippen molar-refractivity contribution in [2.75, 3.05) is 0 Å². The third-order valence-electron chi connectivity index (χ3n) is 5.09. The van der Waals surface area contributed by atoms with Gasteiger partial charge in [0.15, 0.2) is 0 Å². The van der Waals surface area contributed by atoms with Crippen molar-refractivity contribution in [1.82, 2.24) is 19.9 Å². The van der Waals surface area contributed by atoms with E-state index in [9.17, 15) is 26.3 Å². The van der Waals surface area contributed by atoms with Gasteiger partial charge in [-0.3, -0.25) is 9.97 Å². The van der Waals surface area contributed by atoms with E-state index < -0.39 is 23.5 Å². The molecule has 0 N–H and O–H groups in total. The fourth-order valence-corrected chi connectivity index (χ4v) is 5.00. The molecule has 0 saturated heterocycles. The number of hydrogen-bond acceptors (Lipinski definition) is 6. The number of aromatic nitrogens is 4. The van der Waals surface area contributed by atoms with Crippen LogP contribution in [0.25, 0.3) is 42.3 Å². The Morgan fingerprint density at radius 3 is 1.14 bits per heavy atom. The highest BCUT2D eigenvalue weighted by atomic mass is 32.1. The highest BCUT2D eigenvalue weighted by molar-refractivity contribution is 7.18. The molecular weight excluding hydrogens is 522 g/mol. The first-order chi connectivity index (χ1) is 17.1. The van der Waals surface area contributed by atoms with Crippen LogP contribution in [0.3, 0.4) is 0 Å². The molecular formula is C24H12F6N4S2. The number of thiazole rings is 2. The minimum Gasteiger partial charge on any atom is -0.251 e. The second-order valence-corrected chi connectivity index (χ2v) is 9.56. The molecule has 12 heteroatoms. The number of alkyl halides is 6. The Kier molecular flexibility index (Phi) is 6.08. The van der Waals surface area contributed by atoms with Gasteiger partial charge in [0.05, 0.1) is 33.3 Å². The van der Waals surface area contributed by atoms with Crippen LogP contribution in [0, 0.1) is 0 Å². The van der Waals surface area contributed by atoms with Crippen LogP contribution in [-0.4, -0.2) is 19.9 Å². The van der Waals surface area contributed by atoms with Crippen LogP contribution in [0.15, 0.2) is 73.3 Å². The van der Waals surface area contributed by atoms with E-state index in [-0.39, 0.29) is 0 Å². The maximum atomic E-state index is 12.8. The van der Waals surface area contributed by atoms with E-state index in [1.165, 1.54) is 46.9 Å². The zero-order chi connectivity index (χ0) is 25.5. The van der Waals surface area contributed by atoms with Gasteiger partial charge in [-0.25, -0.2) is 9.97 Å². The minimum atomic E-state index is -4.40. The average Bonchev–Trinajstić information content (AvgIpc) is 3.54. The molecule has 0 amide bonds. The molecule has 0 unspecified atom stereocenters. The summed E-state index contributed by atoms with van der Waals surface area (Å²) in [6.07, 6.45) is -2.54. The average molecular weight is 535 g/mol. The van der Waals surface area contributed by atoms with E-state index in [0.29, 0.717) is 42.3 Å². The summed E-state index contributed by atoms with van der Waals surface area (Å²) >= 11 is 2.55. The lowest BCUT2D eigenvalue weighted by Crippen LogP contribution is -2.03. The number of rotatable bonds is 4. The van der Waals surface area contributed by atoms with Crippen LogP contribution in [0.4, 0.5) is 26.3 Å². The lowest BCUT2D eigenvalue weighted by molar-refractivity contribution is -0.138. The normalized spacial score (nSPS) is 12.2. The van der Waals surface area contributed by atoms with Gasteiger partial charge in [0.2, 0.25) is 0 Å². The molecule has 0 spiro atoms. The minimum absolute atomic E-state index is 0.543. The Morgan fingerprint density at radius 1 is 0.472 bits per heavy atom. The zero-order valence-corrected chi connectivity index (χ0v) is 19.4. The first-order valence-corrected chi connectivity index (χ1v) is 11.8. The molecule has 0 bridgehead atoms. The van der Waals surface area contributed by atoms with Gasteiger partial charge in [0.25, 0.3) is 0 Å². The lowest BCUT2D eigenvalue weighted by atomic mass is 10.1. The maximum absolute atomic E-state index is 12.8. The van der Waals surface area contributed by atoms with Crippen molar-refractivity contribution in [3.63, 3.8) is 0 Å². The van der Waals surface area contributed by atoms with Gasteiger partial charge in [-0.15, -0.1) is 22.7 Å². The van der Waals surface area contributed by atoms with E-state index in [4.69, 9.17) is 0 Å². The summed E-state index contributed by atoms with van der Waals surface area (Å²) in [6.45, 7) is 0. The summed E-state index contributed by atoms with van der Waals surface area (Å²) in [5.41, 5.74) is 0.750. The summed E-state index contributed by atoms with van der Waals surface area (Å²) in [4.78, 5) is 18.8. The summed E-state index contributed by atoms with van der Waals surface area (Å²) < 4.78 is 76.7. The van der Waals surface area contributed by atoms with E-state index in [1.807, 2.05) is 0 Å². The molecule has 0 radical (unpaired) electrons. The van der Waals surface area contributed by atoms with Crippen LogP contribution >= 0.6 is 22.7 Å². The predicted molar refractivity (Wildman–Crippen MR) is 125 cm³/mol. The number of benzene rings is 2. The summed E-state index contributed by atoms with van der Waals surface area (Å²) in [5, 5.41) is 1.10. The number of hydrogen-bond donors (Lipinski definition) is 0. The smallest absolute Gasteiger partial charge is 0.251 e. The van der Waals surface area contributed by atoms with E-state index in [2.05, 4.69) is 19.9 Å². The molecule has 0 atom stereocenters. The van der Waals surface area contributed by atoms with Gasteiger partial charge in [0, 0.05) is 23.5 Å². The Bertz CT molecular complexity index is 1370. The molecule has 0 aliphatic heterocycles. The molecule has 0 aliphatic carbocycles. The van der Waals surface area contributed by atoms with Crippen LogP contribution in [0.2, 0.25) is 0 Å². The first kappa shape index (κ1) is 24.1. The second-order valence-electron chi connectivity index (χ2n) is 7.50. The van der Waals surface area contributed by atoms with Gasteiger partial charge in [-0.2, -0.15) is 26.3 Å². The standard InChI is InChI=1S/C24H12F6N4S2/c25-23(26,27)15-5-1-13(2-6-15)21-33-11-19(35-21)17-9-32-18(10-31-17)20-12-34-22(36-20)14-3-7-16(8-4-14)24(28,29)30/h1-12H. The Labute approximate surface area is 208 Å². The van der Waals surface area contributed by atoms with Crippen LogP contribution in [-0.2, 0) is 12.4 Å². The monoisotopic (exact) mass is 534 g/mol. The van der Waals surface area contributed by atoms with Crippen LogP contribution < -0.4 is 0 Å². The van der Waals surface area contributed by atoms with Gasteiger partial charge >= 0.3 is 12.4 Å². The van der Waals surface area contributed by atoms with Crippen molar-refractivity contribution in [3.8, 4) is 42.3 Å². The Balaban J connectivity index is 1.32. The van der Waals surface area contributed by atoms with Crippen LogP contribution in [0.1, 0.15) is 11.1 Å². The van der Waals surface area contributed by atoms with Crippen molar-refractivity contribution in [2.45, 2.75) is 12.4 Å². The SMILES string of the molecule is FC(F)(F)c1ccc(-c2ncc(-c3cnc(-c4cnc(-c5ccc(C(F)(F)F)cc5)s4)cn3)s2)cc1. The second kappa shape index (κ2) is 9.10. The molecule has 0 fully saturated rings. The van der Waals surface area contributed by atoms with Crippen molar-refractivity contribution in [1.29, 1.82) is 0 Å². The van der Waals surface area contributed by atoms with Crippen molar-refractivity contribution >= 4 is 22.7 Å². The zero-order valence-electron chi connectivity index (χ0n) is 17.8. The quantitative estimate of drug-likeness (QED) is 0.219. The lowest BCUT2D eigenvalue weighted by Gasteiger charge is -2.06. The summed E-state index contributed by atoms with van der Waals surface area (Å²) in [6, 6.07) is 9.54.